The van der Waals surface area contributed by atoms with E-state index in [0.29, 0.717) is 25.9 Å². The van der Waals surface area contributed by atoms with Crippen LogP contribution in [0.2, 0.25) is 5.02 Å². The molecule has 2 fully saturated rings. The number of aliphatic hydroxyl groups is 2. The predicted molar refractivity (Wildman–Crippen MR) is 144 cm³/mol. The maximum absolute atomic E-state index is 15.1. The third-order valence-corrected chi connectivity index (χ3v) is 8.38. The average Bonchev–Trinajstić information content (AvgIpc) is 2.92. The minimum absolute atomic E-state index is 0.0494. The van der Waals surface area contributed by atoms with E-state index < -0.39 is 35.6 Å². The molecule has 0 aromatic heterocycles. The summed E-state index contributed by atoms with van der Waals surface area (Å²) in [5.74, 6) is -1.06. The average molecular weight is 557 g/mol. The minimum Gasteiger partial charge on any atom is -0.465 e. The van der Waals surface area contributed by atoms with E-state index in [0.717, 1.165) is 25.7 Å². The van der Waals surface area contributed by atoms with Gasteiger partial charge in [-0.3, -0.25) is 0 Å². The zero-order valence-electron chi connectivity index (χ0n) is 22.1. The zero-order chi connectivity index (χ0) is 27.7. The van der Waals surface area contributed by atoms with Gasteiger partial charge in [0.1, 0.15) is 5.82 Å². The largest absolute Gasteiger partial charge is 0.465 e. The highest BCUT2D eigenvalue weighted by Gasteiger charge is 2.43. The molecule has 3 amide bonds. The van der Waals surface area contributed by atoms with Gasteiger partial charge in [-0.2, -0.15) is 0 Å². The SMILES string of the molecule is CNCC(NC(=O)N1CCC[C@@H]([C@@](O)(CCCNC(=O)O)c2cccc(Cl)c2F)C1)C(O)C1CCCCC1. The number of urea groups is 1. The summed E-state index contributed by atoms with van der Waals surface area (Å²) in [6, 6.07) is 3.69. The molecule has 4 atom stereocenters. The van der Waals surface area contributed by atoms with E-state index in [1.54, 1.807) is 18.0 Å². The van der Waals surface area contributed by atoms with Crippen LogP contribution in [0, 0.1) is 17.7 Å². The second kappa shape index (κ2) is 14.3. The minimum atomic E-state index is -1.65. The molecule has 1 heterocycles. The number of piperidine rings is 1. The third-order valence-electron chi connectivity index (χ3n) is 8.09. The quantitative estimate of drug-likeness (QED) is 0.230. The lowest BCUT2D eigenvalue weighted by Gasteiger charge is -2.43. The highest BCUT2D eigenvalue weighted by molar-refractivity contribution is 6.30. The number of hydrogen-bond acceptors (Lipinski definition) is 5. The molecule has 0 bridgehead atoms. The van der Waals surface area contributed by atoms with Gasteiger partial charge in [-0.1, -0.05) is 43.0 Å². The molecule has 38 heavy (non-hydrogen) atoms. The summed E-state index contributed by atoms with van der Waals surface area (Å²) in [7, 11) is 1.78. The lowest BCUT2D eigenvalue weighted by atomic mass is 9.74. The predicted octanol–water partition coefficient (Wildman–Crippen LogP) is 3.67. The first-order chi connectivity index (χ1) is 18.2. The van der Waals surface area contributed by atoms with Crippen molar-refractivity contribution in [2.75, 3.05) is 33.2 Å². The maximum Gasteiger partial charge on any atom is 0.404 e. The molecule has 6 N–H and O–H groups in total. The number of hydrogen-bond donors (Lipinski definition) is 6. The van der Waals surface area contributed by atoms with Gasteiger partial charge in [-0.15, -0.1) is 0 Å². The molecular formula is C27H42ClFN4O5. The van der Waals surface area contributed by atoms with Crippen molar-refractivity contribution >= 4 is 23.7 Å². The highest BCUT2D eigenvalue weighted by atomic mass is 35.5. The summed E-state index contributed by atoms with van der Waals surface area (Å²) in [5, 5.41) is 40.1. The summed E-state index contributed by atoms with van der Waals surface area (Å²) < 4.78 is 15.1. The van der Waals surface area contributed by atoms with Crippen LogP contribution >= 0.6 is 11.6 Å². The lowest BCUT2D eigenvalue weighted by molar-refractivity contribution is -0.0579. The van der Waals surface area contributed by atoms with Crippen molar-refractivity contribution in [3.05, 3.63) is 34.6 Å². The Morgan fingerprint density at radius 1 is 1.21 bits per heavy atom. The Labute approximate surface area is 229 Å². The molecule has 11 heteroatoms. The number of aliphatic hydroxyl groups excluding tert-OH is 1. The number of nitrogens with one attached hydrogen (secondary N) is 3. The van der Waals surface area contributed by atoms with E-state index in [4.69, 9.17) is 16.7 Å². The fraction of sp³-hybridized carbons (Fsp3) is 0.704. The van der Waals surface area contributed by atoms with Crippen molar-refractivity contribution in [2.45, 2.75) is 75.5 Å². The van der Waals surface area contributed by atoms with E-state index in [1.807, 2.05) is 0 Å². The molecule has 3 rings (SSSR count). The van der Waals surface area contributed by atoms with Crippen molar-refractivity contribution < 1.29 is 29.3 Å². The summed E-state index contributed by atoms with van der Waals surface area (Å²) in [4.78, 5) is 25.8. The second-order valence-electron chi connectivity index (χ2n) is 10.6. The highest BCUT2D eigenvalue weighted by Crippen LogP contribution is 2.41. The molecule has 1 aliphatic carbocycles. The molecule has 2 unspecified atom stereocenters. The smallest absolute Gasteiger partial charge is 0.404 e. The zero-order valence-corrected chi connectivity index (χ0v) is 22.9. The van der Waals surface area contributed by atoms with Crippen LogP contribution in [0.25, 0.3) is 0 Å². The molecule has 9 nitrogen and oxygen atoms in total. The monoisotopic (exact) mass is 556 g/mol. The first-order valence-corrected chi connectivity index (χ1v) is 14.1. The lowest BCUT2D eigenvalue weighted by Crippen LogP contribution is -2.57. The summed E-state index contributed by atoms with van der Waals surface area (Å²) in [5.41, 5.74) is -1.60. The number of nitrogens with zero attached hydrogens (tertiary/aromatic N) is 1. The van der Waals surface area contributed by atoms with Crippen LogP contribution in [0.4, 0.5) is 14.0 Å². The van der Waals surface area contributed by atoms with Gasteiger partial charge in [0, 0.05) is 37.7 Å². The Morgan fingerprint density at radius 3 is 2.63 bits per heavy atom. The Kier molecular flexibility index (Phi) is 11.4. The first kappa shape index (κ1) is 30.4. The van der Waals surface area contributed by atoms with Gasteiger partial charge in [0.15, 0.2) is 0 Å². The van der Waals surface area contributed by atoms with Gasteiger partial charge in [0.2, 0.25) is 0 Å². The van der Waals surface area contributed by atoms with Crippen LogP contribution in [0.5, 0.6) is 0 Å². The molecule has 0 radical (unpaired) electrons. The molecule has 214 valence electrons. The van der Waals surface area contributed by atoms with Crippen LogP contribution in [0.3, 0.4) is 0 Å². The third kappa shape index (κ3) is 7.71. The number of amides is 3. The molecule has 1 aromatic carbocycles. The van der Waals surface area contributed by atoms with Gasteiger partial charge in [0.05, 0.1) is 22.8 Å². The van der Waals surface area contributed by atoms with E-state index in [9.17, 15) is 19.8 Å². The Bertz CT molecular complexity index is 935. The topological polar surface area (TPSA) is 134 Å². The first-order valence-electron chi connectivity index (χ1n) is 13.7. The Morgan fingerprint density at radius 2 is 1.95 bits per heavy atom. The van der Waals surface area contributed by atoms with Crippen LogP contribution in [-0.4, -0.2) is 77.7 Å². The Hall–Kier alpha value is -2.14. The summed E-state index contributed by atoms with van der Waals surface area (Å²) >= 11 is 6.04. The van der Waals surface area contributed by atoms with Gasteiger partial charge in [-0.25, -0.2) is 14.0 Å². The number of benzene rings is 1. The van der Waals surface area contributed by atoms with Crippen molar-refractivity contribution in [3.63, 3.8) is 0 Å². The molecule has 1 aliphatic heterocycles. The van der Waals surface area contributed by atoms with E-state index >= 15 is 4.39 Å². The fourth-order valence-corrected chi connectivity index (χ4v) is 6.21. The Balaban J connectivity index is 1.75. The van der Waals surface area contributed by atoms with Crippen molar-refractivity contribution in [1.29, 1.82) is 0 Å². The molecule has 0 spiro atoms. The normalized spacial score (nSPS) is 21.8. The van der Waals surface area contributed by atoms with Crippen molar-refractivity contribution in [2.24, 2.45) is 11.8 Å². The number of halogens is 2. The van der Waals surface area contributed by atoms with Gasteiger partial charge in [0.25, 0.3) is 0 Å². The number of carboxylic acid groups (broad SMARTS) is 1. The van der Waals surface area contributed by atoms with Crippen LogP contribution in [0.15, 0.2) is 18.2 Å². The van der Waals surface area contributed by atoms with Gasteiger partial charge in [-0.05, 0) is 57.6 Å². The van der Waals surface area contributed by atoms with Gasteiger partial charge >= 0.3 is 12.1 Å². The fourth-order valence-electron chi connectivity index (χ4n) is 6.03. The molecule has 1 saturated carbocycles. The molecule has 1 aromatic rings. The maximum atomic E-state index is 15.1. The van der Waals surface area contributed by atoms with Crippen molar-refractivity contribution in [1.82, 2.24) is 20.9 Å². The van der Waals surface area contributed by atoms with Gasteiger partial charge < -0.3 is 36.2 Å². The number of rotatable bonds is 11. The number of carbonyl (C=O) groups is 2. The number of likely N-dealkylation sites (tertiary alicyclic amines) is 1. The van der Waals surface area contributed by atoms with E-state index in [-0.39, 0.29) is 48.5 Å². The second-order valence-corrected chi connectivity index (χ2v) is 11.1. The van der Waals surface area contributed by atoms with Crippen LogP contribution in [0.1, 0.15) is 63.4 Å². The number of likely N-dealkylation sites (N-methyl/N-ethyl adjacent to an activating group) is 1. The molecular weight excluding hydrogens is 515 g/mol. The van der Waals surface area contributed by atoms with Crippen LogP contribution < -0.4 is 16.0 Å². The van der Waals surface area contributed by atoms with E-state index in [2.05, 4.69) is 16.0 Å². The van der Waals surface area contributed by atoms with E-state index in [1.165, 1.54) is 18.6 Å². The molecule has 1 saturated heterocycles. The summed E-state index contributed by atoms with van der Waals surface area (Å²) in [6.07, 6.45) is 4.91. The molecule has 2 aliphatic rings. The standard InChI is InChI=1S/C27H42ClFN4O5/c1-30-16-22(24(34)18-8-3-2-4-9-18)32-25(35)33-15-6-10-19(17-33)27(38,13-7-14-31-26(36)37)20-11-5-12-21(28)23(20)29/h5,11-12,18-19,22,24,30-31,34,38H,2-4,6-10,13-17H2,1H3,(H,32,35)(H,36,37)/t19-,22?,24?,27+/m1/s1. The van der Waals surface area contributed by atoms with Crippen molar-refractivity contribution in [3.8, 4) is 0 Å². The summed E-state index contributed by atoms with van der Waals surface area (Å²) in [6.45, 7) is 1.19. The number of carbonyl (C=O) groups excluding carboxylic acids is 1. The van der Waals surface area contributed by atoms with Crippen LogP contribution in [-0.2, 0) is 5.60 Å².